The highest BCUT2D eigenvalue weighted by molar-refractivity contribution is 8.08. The number of nitrogens with zero attached hydrogens (tertiary/aromatic N) is 1. The van der Waals surface area contributed by atoms with E-state index in [4.69, 9.17) is 10.4 Å². The Morgan fingerprint density at radius 2 is 2.46 bits per heavy atom. The molecule has 0 fully saturated rings. The van der Waals surface area contributed by atoms with Gasteiger partial charge in [0.05, 0.1) is 0 Å². The van der Waals surface area contributed by atoms with Crippen LogP contribution in [0.25, 0.3) is 0 Å². The smallest absolute Gasteiger partial charge is 0.345 e. The lowest BCUT2D eigenvalue weighted by Gasteiger charge is -2.05. The van der Waals surface area contributed by atoms with Crippen molar-refractivity contribution >= 4 is 17.7 Å². The molecule has 0 amide bonds. The molecule has 0 heterocycles. The molecule has 0 aromatic heterocycles. The summed E-state index contributed by atoms with van der Waals surface area (Å²) in [4.78, 5) is 10.6. The molecule has 13 heavy (non-hydrogen) atoms. The van der Waals surface area contributed by atoms with Gasteiger partial charge in [0.15, 0.2) is 0 Å². The molecule has 0 radical (unpaired) electrons. The number of nitriles is 1. The minimum atomic E-state index is -1.10. The van der Waals surface area contributed by atoms with Crippen molar-refractivity contribution in [3.63, 3.8) is 0 Å². The Bertz CT molecular complexity index is 278. The van der Waals surface area contributed by atoms with E-state index in [9.17, 15) is 4.79 Å². The van der Waals surface area contributed by atoms with Gasteiger partial charge in [-0.25, -0.2) is 4.79 Å². The molecule has 0 bridgehead atoms. The van der Waals surface area contributed by atoms with Crippen LogP contribution in [0.4, 0.5) is 0 Å². The maximum atomic E-state index is 10.6. The second-order valence-corrected chi connectivity index (χ2v) is 2.92. The number of carboxylic acids is 1. The zero-order valence-electron chi connectivity index (χ0n) is 7.20. The second kappa shape index (κ2) is 6.14. The monoisotopic (exact) mass is 198 g/mol. The third-order valence-corrected chi connectivity index (χ3v) is 1.97. The summed E-state index contributed by atoms with van der Waals surface area (Å²) < 4.78 is 0. The number of hydrogen-bond acceptors (Lipinski definition) is 4. The van der Waals surface area contributed by atoms with Crippen LogP contribution in [-0.4, -0.2) is 17.6 Å². The Hall–Kier alpha value is -1.41. The van der Waals surface area contributed by atoms with Gasteiger partial charge in [0.2, 0.25) is 0 Å². The van der Waals surface area contributed by atoms with Crippen LogP contribution in [0.1, 0.15) is 6.92 Å². The molecule has 0 unspecified atom stereocenters. The van der Waals surface area contributed by atoms with Crippen molar-refractivity contribution in [1.82, 2.24) is 5.32 Å². The fraction of sp³-hybridized carbons (Fsp3) is 0.250. The van der Waals surface area contributed by atoms with E-state index in [0.717, 1.165) is 0 Å². The number of rotatable bonds is 5. The molecule has 0 saturated heterocycles. The van der Waals surface area contributed by atoms with Crippen LogP contribution in [-0.2, 0) is 4.79 Å². The number of thioether (sulfide) groups is 1. The van der Waals surface area contributed by atoms with E-state index in [1.165, 1.54) is 0 Å². The van der Waals surface area contributed by atoms with Crippen LogP contribution in [0, 0.1) is 10.7 Å². The predicted molar refractivity (Wildman–Crippen MR) is 51.7 cm³/mol. The zero-order valence-corrected chi connectivity index (χ0v) is 8.02. The van der Waals surface area contributed by atoms with Crippen molar-refractivity contribution in [3.8, 4) is 5.40 Å². The molecule has 0 saturated carbocycles. The van der Waals surface area contributed by atoms with Crippen LogP contribution < -0.4 is 5.32 Å². The van der Waals surface area contributed by atoms with Gasteiger partial charge in [0.1, 0.15) is 10.3 Å². The highest BCUT2D eigenvalue weighted by Gasteiger charge is 2.11. The number of thiocyanates is 1. The molecule has 0 aromatic carbocycles. The summed E-state index contributed by atoms with van der Waals surface area (Å²) in [5.41, 5.74) is 0.471. The fourth-order valence-electron chi connectivity index (χ4n) is 0.632. The zero-order chi connectivity index (χ0) is 10.3. The van der Waals surface area contributed by atoms with Gasteiger partial charge in [-0.1, -0.05) is 6.08 Å². The lowest BCUT2D eigenvalue weighted by Crippen LogP contribution is -2.14. The van der Waals surface area contributed by atoms with Crippen LogP contribution in [0.15, 0.2) is 23.3 Å². The molecular weight excluding hydrogens is 188 g/mol. The number of carbonyl (C=O) groups is 1. The third kappa shape index (κ3) is 4.23. The predicted octanol–water partition coefficient (Wildman–Crippen LogP) is 1.29. The maximum Gasteiger partial charge on any atom is 0.345 e. The fourth-order valence-corrected chi connectivity index (χ4v) is 1.04. The van der Waals surface area contributed by atoms with Gasteiger partial charge in [-0.3, -0.25) is 0 Å². The van der Waals surface area contributed by atoms with Gasteiger partial charge in [-0.2, -0.15) is 5.26 Å². The lowest BCUT2D eigenvalue weighted by atomic mass is 10.4. The molecule has 0 aliphatic carbocycles. The van der Waals surface area contributed by atoms with Gasteiger partial charge in [0.25, 0.3) is 0 Å². The Labute approximate surface area is 80.9 Å². The van der Waals surface area contributed by atoms with Crippen LogP contribution in [0.2, 0.25) is 0 Å². The van der Waals surface area contributed by atoms with Crippen molar-refractivity contribution in [2.75, 3.05) is 6.54 Å². The summed E-state index contributed by atoms with van der Waals surface area (Å²) in [6.45, 7) is 5.57. The maximum absolute atomic E-state index is 10.6. The molecule has 0 spiro atoms. The largest absolute Gasteiger partial charge is 0.477 e. The number of nitrogens with one attached hydrogen (secondary N) is 1. The molecule has 2 N–H and O–H groups in total. The molecule has 0 atom stereocenters. The first-order valence-electron chi connectivity index (χ1n) is 3.48. The second-order valence-electron chi connectivity index (χ2n) is 2.12. The van der Waals surface area contributed by atoms with Crippen molar-refractivity contribution in [1.29, 1.82) is 5.26 Å². The van der Waals surface area contributed by atoms with Crippen LogP contribution in [0.3, 0.4) is 0 Å². The molecule has 0 aliphatic heterocycles. The quantitative estimate of drug-likeness (QED) is 0.395. The number of allylic oxidation sites excluding steroid dienone is 1. The average molecular weight is 198 g/mol. The highest BCUT2D eigenvalue weighted by atomic mass is 32.2. The summed E-state index contributed by atoms with van der Waals surface area (Å²) >= 11 is 0.632. The molecular formula is C8H10N2O2S. The molecule has 0 aliphatic rings. The third-order valence-electron chi connectivity index (χ3n) is 1.19. The van der Waals surface area contributed by atoms with Crippen molar-refractivity contribution in [3.05, 3.63) is 23.3 Å². The van der Waals surface area contributed by atoms with Gasteiger partial charge in [-0.05, 0) is 18.7 Å². The Morgan fingerprint density at radius 1 is 1.85 bits per heavy atom. The standard InChI is InChI=1S/C8H10N2O2S/c1-3-4-10-6(2)7(8(11)12)13-5-9/h3,10H,1,4H2,2H3,(H,11,12)/b7-6+. The van der Waals surface area contributed by atoms with E-state index in [-0.39, 0.29) is 4.91 Å². The Morgan fingerprint density at radius 3 is 2.85 bits per heavy atom. The Kier molecular flexibility index (Phi) is 5.48. The topological polar surface area (TPSA) is 73.1 Å². The highest BCUT2D eigenvalue weighted by Crippen LogP contribution is 2.16. The summed E-state index contributed by atoms with van der Waals surface area (Å²) in [6.07, 6.45) is 1.61. The first kappa shape index (κ1) is 11.6. The van der Waals surface area contributed by atoms with E-state index < -0.39 is 5.97 Å². The van der Waals surface area contributed by atoms with Crippen LogP contribution >= 0.6 is 11.8 Å². The normalized spacial score (nSPS) is 11.1. The lowest BCUT2D eigenvalue weighted by molar-refractivity contribution is -0.131. The SMILES string of the molecule is C=CCN/C(C)=C(/SC#N)C(=O)O. The van der Waals surface area contributed by atoms with Crippen molar-refractivity contribution in [2.45, 2.75) is 6.92 Å². The molecule has 5 heteroatoms. The first-order chi connectivity index (χ1) is 6.13. The van der Waals surface area contributed by atoms with Crippen molar-refractivity contribution < 1.29 is 9.90 Å². The minimum absolute atomic E-state index is 0.0179. The minimum Gasteiger partial charge on any atom is -0.477 e. The van der Waals surface area contributed by atoms with Gasteiger partial charge < -0.3 is 10.4 Å². The van der Waals surface area contributed by atoms with Gasteiger partial charge >= 0.3 is 5.97 Å². The van der Waals surface area contributed by atoms with E-state index in [0.29, 0.717) is 24.0 Å². The van der Waals surface area contributed by atoms with E-state index in [1.807, 2.05) is 0 Å². The van der Waals surface area contributed by atoms with Crippen LogP contribution in [0.5, 0.6) is 0 Å². The van der Waals surface area contributed by atoms with E-state index in [2.05, 4.69) is 11.9 Å². The number of aliphatic carboxylic acids is 1. The summed E-state index contributed by atoms with van der Waals surface area (Å²) in [5, 5.41) is 21.5. The van der Waals surface area contributed by atoms with Gasteiger partial charge in [-0.15, -0.1) is 6.58 Å². The molecule has 70 valence electrons. The molecule has 0 rings (SSSR count). The summed E-state index contributed by atoms with van der Waals surface area (Å²) in [6, 6.07) is 0. The van der Waals surface area contributed by atoms with Crippen molar-refractivity contribution in [2.24, 2.45) is 0 Å². The van der Waals surface area contributed by atoms with Gasteiger partial charge in [0, 0.05) is 12.2 Å². The first-order valence-corrected chi connectivity index (χ1v) is 4.30. The summed E-state index contributed by atoms with van der Waals surface area (Å²) in [5.74, 6) is -1.10. The number of hydrogen-bond donors (Lipinski definition) is 2. The van der Waals surface area contributed by atoms with E-state index in [1.54, 1.807) is 18.4 Å². The number of carboxylic acid groups (broad SMARTS) is 1. The Balaban J connectivity index is 4.55. The molecule has 0 aromatic rings. The average Bonchev–Trinajstić information content (AvgIpc) is 2.09. The van der Waals surface area contributed by atoms with E-state index >= 15 is 0 Å². The summed E-state index contributed by atoms with van der Waals surface area (Å²) in [7, 11) is 0. The molecule has 4 nitrogen and oxygen atoms in total.